The van der Waals surface area contributed by atoms with Gasteiger partial charge in [0.15, 0.2) is 11.5 Å². The van der Waals surface area contributed by atoms with Gasteiger partial charge in [-0.1, -0.05) is 36.4 Å². The first-order valence-electron chi connectivity index (χ1n) is 16.9. The lowest BCUT2D eigenvalue weighted by Crippen LogP contribution is -2.49. The van der Waals surface area contributed by atoms with Gasteiger partial charge in [0.2, 0.25) is 23.0 Å². The number of carbonyl (C=O) groups excluding carboxylic acids is 2. The van der Waals surface area contributed by atoms with E-state index in [1.807, 2.05) is 24.5 Å². The number of hydrogen-bond acceptors (Lipinski definition) is 9. The van der Waals surface area contributed by atoms with Gasteiger partial charge in [0, 0.05) is 38.2 Å². The van der Waals surface area contributed by atoms with Crippen molar-refractivity contribution in [2.75, 3.05) is 51.7 Å². The molecule has 0 saturated carbocycles. The summed E-state index contributed by atoms with van der Waals surface area (Å²) in [7, 11) is 4.71. The molecule has 0 radical (unpaired) electrons. The van der Waals surface area contributed by atoms with E-state index in [-0.39, 0.29) is 23.3 Å². The summed E-state index contributed by atoms with van der Waals surface area (Å²) in [5.41, 5.74) is 4.47. The van der Waals surface area contributed by atoms with E-state index in [1.165, 1.54) is 12.5 Å². The number of methoxy groups -OCH3 is 3. The summed E-state index contributed by atoms with van der Waals surface area (Å²) in [5.74, 6) is 1.92. The zero-order chi connectivity index (χ0) is 34.9. The van der Waals surface area contributed by atoms with Crippen LogP contribution in [0.2, 0.25) is 0 Å². The van der Waals surface area contributed by atoms with Gasteiger partial charge in [-0.15, -0.1) is 0 Å². The number of benzene rings is 2. The number of piperidine rings is 1. The minimum absolute atomic E-state index is 0.0714. The van der Waals surface area contributed by atoms with Crippen molar-refractivity contribution in [1.82, 2.24) is 15.5 Å². The molecule has 1 aliphatic carbocycles. The summed E-state index contributed by atoms with van der Waals surface area (Å²) >= 11 is 1.66. The van der Waals surface area contributed by atoms with Crippen LogP contribution < -0.4 is 35.6 Å². The third-order valence-corrected chi connectivity index (χ3v) is 10.00. The number of carbonyl (C=O) groups is 2. The van der Waals surface area contributed by atoms with Crippen molar-refractivity contribution in [3.8, 4) is 28.4 Å². The fourth-order valence-corrected chi connectivity index (χ4v) is 7.37. The largest absolute Gasteiger partial charge is 0.493 e. The Morgan fingerprint density at radius 3 is 2.33 bits per heavy atom. The van der Waals surface area contributed by atoms with Crippen molar-refractivity contribution in [3.63, 3.8) is 0 Å². The van der Waals surface area contributed by atoms with Crippen LogP contribution in [0, 0.1) is 0 Å². The van der Waals surface area contributed by atoms with E-state index in [0.29, 0.717) is 47.8 Å². The molecular weight excluding hydrogens is 641 g/mol. The lowest BCUT2D eigenvalue weighted by atomic mass is 9.95. The van der Waals surface area contributed by atoms with Crippen LogP contribution in [0.5, 0.6) is 17.2 Å². The van der Waals surface area contributed by atoms with E-state index in [2.05, 4.69) is 45.1 Å². The first-order valence-corrected chi connectivity index (χ1v) is 18.2. The number of nitrogens with one attached hydrogen (secondary N) is 3. The number of rotatable bonds is 13. The van der Waals surface area contributed by atoms with Gasteiger partial charge < -0.3 is 30.2 Å². The number of ether oxygens (including phenoxy) is 3. The normalized spacial score (nSPS) is 16.7. The summed E-state index contributed by atoms with van der Waals surface area (Å²) in [6.45, 7) is 4.19. The third-order valence-electron chi connectivity index (χ3n) is 9.36. The molecule has 0 spiro atoms. The van der Waals surface area contributed by atoms with Gasteiger partial charge in [0.25, 0.3) is 0 Å². The van der Waals surface area contributed by atoms with Crippen molar-refractivity contribution in [2.45, 2.75) is 63.7 Å². The Hall–Kier alpha value is -4.22. The maximum absolute atomic E-state index is 13.9. The van der Waals surface area contributed by atoms with Crippen LogP contribution in [-0.2, 0) is 22.6 Å². The molecule has 1 fully saturated rings. The van der Waals surface area contributed by atoms with Gasteiger partial charge in [-0.25, -0.2) is 0 Å². The van der Waals surface area contributed by atoms with E-state index in [9.17, 15) is 14.4 Å². The molecular formula is C38H48N4O6S. The molecule has 2 amide bonds. The Morgan fingerprint density at radius 2 is 1.67 bits per heavy atom. The fraction of sp³-hybridized carbons (Fsp3) is 0.447. The van der Waals surface area contributed by atoms with Gasteiger partial charge in [-0.05, 0) is 84.6 Å². The Labute approximate surface area is 293 Å². The number of anilines is 1. The molecule has 10 nitrogen and oxygen atoms in total. The van der Waals surface area contributed by atoms with Crippen molar-refractivity contribution >= 4 is 29.3 Å². The van der Waals surface area contributed by atoms with Gasteiger partial charge in [0.05, 0.1) is 33.1 Å². The molecule has 49 heavy (non-hydrogen) atoms. The lowest BCUT2D eigenvalue weighted by molar-refractivity contribution is -0.123. The summed E-state index contributed by atoms with van der Waals surface area (Å²) in [5, 5.41) is 9.63. The molecule has 3 aromatic carbocycles. The first-order chi connectivity index (χ1) is 23.8. The van der Waals surface area contributed by atoms with Gasteiger partial charge in [-0.2, -0.15) is 11.8 Å². The zero-order valence-corrected chi connectivity index (χ0v) is 29.9. The standard InChI is InChI=1S/C38H48N4O6S/c1-24(43)39-30-13-11-26-21-34(46-2)36(47-3)37(48-4)35(26)28-12-14-31(33(44)22-29(28)30)41-32(17-20-49-5)38(45)40-27-15-18-42(19-16-27)23-25-9-7-6-8-10-25/h6-10,12,14,21-22,27,30,32H,11,13,15-20,23H2,1-5H3,(H,39,43)(H,40,45)(H,41,44)/t30-,32+/m0/s1. The number of thioether (sulfide) groups is 1. The Bertz CT molecular complexity index is 1680. The maximum Gasteiger partial charge on any atom is 0.242 e. The summed E-state index contributed by atoms with van der Waals surface area (Å²) < 4.78 is 17.2. The third kappa shape index (κ3) is 8.69. The highest BCUT2D eigenvalue weighted by Crippen LogP contribution is 2.50. The molecule has 0 unspecified atom stereocenters. The minimum Gasteiger partial charge on any atom is -0.493 e. The highest BCUT2D eigenvalue weighted by atomic mass is 32.2. The first kappa shape index (κ1) is 36.1. The second-order valence-corrected chi connectivity index (χ2v) is 13.6. The fourth-order valence-electron chi connectivity index (χ4n) is 6.90. The van der Waals surface area contributed by atoms with Crippen LogP contribution in [0.1, 0.15) is 55.3 Å². The van der Waals surface area contributed by atoms with E-state index >= 15 is 0 Å². The number of nitrogens with zero attached hydrogens (tertiary/aromatic N) is 1. The molecule has 1 heterocycles. The molecule has 2 atom stereocenters. The number of aryl methyl sites for hydroxylation is 1. The molecule has 262 valence electrons. The van der Waals surface area contributed by atoms with Crippen LogP contribution >= 0.6 is 11.8 Å². The van der Waals surface area contributed by atoms with Crippen molar-refractivity contribution in [2.24, 2.45) is 0 Å². The minimum atomic E-state index is -0.595. The topological polar surface area (TPSA) is 118 Å². The lowest BCUT2D eigenvalue weighted by Gasteiger charge is -2.33. The highest BCUT2D eigenvalue weighted by molar-refractivity contribution is 7.98. The van der Waals surface area contributed by atoms with Crippen LogP contribution in [0.15, 0.2) is 59.4 Å². The Balaban J connectivity index is 1.43. The van der Waals surface area contributed by atoms with E-state index in [4.69, 9.17) is 14.2 Å². The van der Waals surface area contributed by atoms with E-state index < -0.39 is 12.1 Å². The van der Waals surface area contributed by atoms with Crippen LogP contribution in [0.4, 0.5) is 5.69 Å². The summed E-state index contributed by atoms with van der Waals surface area (Å²) in [6, 6.07) is 16.6. The van der Waals surface area contributed by atoms with E-state index in [0.717, 1.165) is 54.9 Å². The average molecular weight is 689 g/mol. The molecule has 3 aromatic rings. The number of amides is 2. The number of likely N-dealkylation sites (tertiary alicyclic amines) is 1. The van der Waals surface area contributed by atoms with Gasteiger partial charge >= 0.3 is 0 Å². The molecule has 2 aliphatic rings. The zero-order valence-electron chi connectivity index (χ0n) is 29.1. The smallest absolute Gasteiger partial charge is 0.242 e. The average Bonchev–Trinajstić information content (AvgIpc) is 3.34. The molecule has 1 saturated heterocycles. The van der Waals surface area contributed by atoms with Crippen LogP contribution in [0.3, 0.4) is 0 Å². The second-order valence-electron chi connectivity index (χ2n) is 12.6. The molecule has 0 bridgehead atoms. The molecule has 11 heteroatoms. The van der Waals surface area contributed by atoms with Crippen LogP contribution in [-0.4, -0.2) is 75.2 Å². The van der Waals surface area contributed by atoms with Crippen molar-refractivity contribution in [3.05, 3.63) is 81.5 Å². The van der Waals surface area contributed by atoms with Gasteiger partial charge in [-0.3, -0.25) is 19.3 Å². The van der Waals surface area contributed by atoms with E-state index in [1.54, 1.807) is 45.2 Å². The van der Waals surface area contributed by atoms with Crippen LogP contribution in [0.25, 0.3) is 11.1 Å². The molecule has 1 aliphatic heterocycles. The predicted molar refractivity (Wildman–Crippen MR) is 196 cm³/mol. The Morgan fingerprint density at radius 1 is 0.939 bits per heavy atom. The summed E-state index contributed by atoms with van der Waals surface area (Å²) in [4.78, 5) is 42.4. The predicted octanol–water partition coefficient (Wildman–Crippen LogP) is 5.18. The quantitative estimate of drug-likeness (QED) is 0.223. The SMILES string of the molecule is COc1cc2c(c(OC)c1OC)-c1ccc(N[C@H](CCSC)C(=O)NC3CCN(Cc4ccccc4)CC3)c(=O)cc1[C@@H](NC(C)=O)CC2. The molecule has 5 rings (SSSR count). The summed E-state index contributed by atoms with van der Waals surface area (Å²) in [6.07, 6.45) is 5.47. The van der Waals surface area contributed by atoms with Crippen molar-refractivity contribution in [1.29, 1.82) is 0 Å². The second kappa shape index (κ2) is 16.9. The molecule has 0 aromatic heterocycles. The number of fused-ring (bicyclic) bond motifs is 3. The monoisotopic (exact) mass is 688 g/mol. The van der Waals surface area contributed by atoms with Crippen molar-refractivity contribution < 1.29 is 23.8 Å². The highest BCUT2D eigenvalue weighted by Gasteiger charge is 2.30. The maximum atomic E-state index is 13.9. The Kier molecular flexibility index (Phi) is 12.5. The molecule has 3 N–H and O–H groups in total. The van der Waals surface area contributed by atoms with Gasteiger partial charge in [0.1, 0.15) is 6.04 Å². The number of hydrogen-bond donors (Lipinski definition) is 3.